The Kier molecular flexibility index (Phi) is 3.19. The second kappa shape index (κ2) is 4.38. The fraction of sp³-hybridized carbons (Fsp3) is 0.182. The van der Waals surface area contributed by atoms with Crippen LogP contribution in [-0.4, -0.2) is 16.9 Å². The van der Waals surface area contributed by atoms with Crippen molar-refractivity contribution in [2.75, 3.05) is 0 Å². The van der Waals surface area contributed by atoms with Gasteiger partial charge in [-0.1, -0.05) is 19.1 Å². The van der Waals surface area contributed by atoms with Gasteiger partial charge in [-0.05, 0) is 18.1 Å². The van der Waals surface area contributed by atoms with Gasteiger partial charge in [0, 0.05) is 5.56 Å². The molecule has 0 fully saturated rings. The third-order valence-corrected chi connectivity index (χ3v) is 2.09. The van der Waals surface area contributed by atoms with Crippen LogP contribution in [0.4, 0.5) is 0 Å². The van der Waals surface area contributed by atoms with Crippen molar-refractivity contribution in [3.63, 3.8) is 0 Å². The highest BCUT2D eigenvalue weighted by atomic mass is 16.4. The van der Waals surface area contributed by atoms with E-state index in [4.69, 9.17) is 10.4 Å². The largest absolute Gasteiger partial charge is 0.475 e. The van der Waals surface area contributed by atoms with Crippen LogP contribution in [-0.2, 0) is 11.2 Å². The predicted octanol–water partition coefficient (Wildman–Crippen LogP) is 1.39. The average Bonchev–Trinajstić information content (AvgIpc) is 2.26. The lowest BCUT2D eigenvalue weighted by Gasteiger charge is -2.05. The Balaban J connectivity index is 3.37. The van der Waals surface area contributed by atoms with Gasteiger partial charge in [0.2, 0.25) is 0 Å². The van der Waals surface area contributed by atoms with E-state index in [0.29, 0.717) is 17.5 Å². The Labute approximate surface area is 86.8 Å². The van der Waals surface area contributed by atoms with Gasteiger partial charge in [-0.15, -0.1) is 0 Å². The van der Waals surface area contributed by atoms with Gasteiger partial charge >= 0.3 is 5.97 Å². The number of Topliss-reactive ketones (excluding diaryl/α,β-unsaturated/α-hetero) is 1. The van der Waals surface area contributed by atoms with Crippen LogP contribution in [0.2, 0.25) is 0 Å². The van der Waals surface area contributed by atoms with Crippen molar-refractivity contribution in [1.82, 2.24) is 0 Å². The zero-order chi connectivity index (χ0) is 11.4. The molecule has 0 aliphatic rings. The fourth-order valence-electron chi connectivity index (χ4n) is 1.40. The van der Waals surface area contributed by atoms with Crippen molar-refractivity contribution in [2.24, 2.45) is 0 Å². The SMILES string of the molecule is CCc1c(C#N)cccc1C(=O)C(=O)O. The first kappa shape index (κ1) is 10.9. The first-order valence-corrected chi connectivity index (χ1v) is 4.41. The number of nitrogens with zero attached hydrogens (tertiary/aromatic N) is 1. The van der Waals surface area contributed by atoms with Gasteiger partial charge < -0.3 is 5.11 Å². The Morgan fingerprint density at radius 3 is 2.60 bits per heavy atom. The van der Waals surface area contributed by atoms with Crippen LogP contribution in [0.5, 0.6) is 0 Å². The highest BCUT2D eigenvalue weighted by molar-refractivity contribution is 6.40. The summed E-state index contributed by atoms with van der Waals surface area (Å²) in [7, 11) is 0. The Morgan fingerprint density at radius 1 is 1.47 bits per heavy atom. The molecule has 1 rings (SSSR count). The monoisotopic (exact) mass is 203 g/mol. The first-order valence-electron chi connectivity index (χ1n) is 4.41. The number of carboxylic acids is 1. The number of hydrogen-bond donors (Lipinski definition) is 1. The molecular weight excluding hydrogens is 194 g/mol. The van der Waals surface area contributed by atoms with E-state index in [0.717, 1.165) is 0 Å². The molecule has 0 aliphatic heterocycles. The maximum Gasteiger partial charge on any atom is 0.377 e. The number of carbonyl (C=O) groups excluding carboxylic acids is 1. The van der Waals surface area contributed by atoms with Gasteiger partial charge in [-0.3, -0.25) is 4.79 Å². The van der Waals surface area contributed by atoms with Crippen LogP contribution in [0.1, 0.15) is 28.4 Å². The summed E-state index contributed by atoms with van der Waals surface area (Å²) < 4.78 is 0. The molecule has 1 aromatic carbocycles. The van der Waals surface area contributed by atoms with Crippen LogP contribution in [0, 0.1) is 11.3 Å². The molecule has 76 valence electrons. The highest BCUT2D eigenvalue weighted by Crippen LogP contribution is 2.15. The molecular formula is C11H9NO3. The number of nitriles is 1. The van der Waals surface area contributed by atoms with Crippen molar-refractivity contribution in [3.05, 3.63) is 34.9 Å². The third-order valence-electron chi connectivity index (χ3n) is 2.09. The van der Waals surface area contributed by atoms with E-state index in [1.165, 1.54) is 12.1 Å². The summed E-state index contributed by atoms with van der Waals surface area (Å²) in [6, 6.07) is 6.44. The van der Waals surface area contributed by atoms with Crippen LogP contribution in [0.25, 0.3) is 0 Å². The lowest BCUT2D eigenvalue weighted by Crippen LogP contribution is -2.15. The molecule has 0 saturated heterocycles. The molecule has 0 spiro atoms. The van der Waals surface area contributed by atoms with E-state index in [9.17, 15) is 9.59 Å². The lowest BCUT2D eigenvalue weighted by molar-refractivity contribution is -0.131. The average molecular weight is 203 g/mol. The van der Waals surface area contributed by atoms with E-state index < -0.39 is 11.8 Å². The minimum absolute atomic E-state index is 0.101. The number of rotatable bonds is 3. The molecule has 0 atom stereocenters. The zero-order valence-electron chi connectivity index (χ0n) is 8.15. The van der Waals surface area contributed by atoms with Crippen molar-refractivity contribution >= 4 is 11.8 Å². The first-order chi connectivity index (χ1) is 7.11. The van der Waals surface area contributed by atoms with Gasteiger partial charge in [-0.25, -0.2) is 4.79 Å². The molecule has 4 nitrogen and oxygen atoms in total. The summed E-state index contributed by atoms with van der Waals surface area (Å²) >= 11 is 0. The van der Waals surface area contributed by atoms with E-state index in [-0.39, 0.29) is 5.56 Å². The fourth-order valence-corrected chi connectivity index (χ4v) is 1.40. The van der Waals surface area contributed by atoms with Crippen molar-refractivity contribution in [1.29, 1.82) is 5.26 Å². The molecule has 1 N–H and O–H groups in total. The van der Waals surface area contributed by atoms with Gasteiger partial charge in [0.05, 0.1) is 11.6 Å². The number of carboxylic acid groups (broad SMARTS) is 1. The minimum Gasteiger partial charge on any atom is -0.475 e. The van der Waals surface area contributed by atoms with Gasteiger partial charge in [0.1, 0.15) is 0 Å². The van der Waals surface area contributed by atoms with Crippen LogP contribution in [0.15, 0.2) is 18.2 Å². The number of aliphatic carboxylic acids is 1. The summed E-state index contributed by atoms with van der Waals surface area (Å²) in [6.07, 6.45) is 0.456. The minimum atomic E-state index is -1.50. The topological polar surface area (TPSA) is 78.2 Å². The normalized spacial score (nSPS) is 9.33. The second-order valence-electron chi connectivity index (χ2n) is 2.93. The van der Waals surface area contributed by atoms with E-state index in [2.05, 4.69) is 0 Å². The van der Waals surface area contributed by atoms with Crippen molar-refractivity contribution < 1.29 is 14.7 Å². The van der Waals surface area contributed by atoms with Crippen LogP contribution < -0.4 is 0 Å². The molecule has 0 bridgehead atoms. The maximum absolute atomic E-state index is 11.3. The molecule has 0 amide bonds. The molecule has 0 unspecified atom stereocenters. The summed E-state index contributed by atoms with van der Waals surface area (Å²) in [5.74, 6) is -2.47. The third kappa shape index (κ3) is 2.02. The van der Waals surface area contributed by atoms with E-state index >= 15 is 0 Å². The number of ketones is 1. The molecule has 0 aromatic heterocycles. The summed E-state index contributed by atoms with van der Waals surface area (Å²) in [4.78, 5) is 21.8. The Morgan fingerprint density at radius 2 is 2.13 bits per heavy atom. The Bertz CT molecular complexity index is 457. The second-order valence-corrected chi connectivity index (χ2v) is 2.93. The molecule has 1 aromatic rings. The standard InChI is InChI=1S/C11H9NO3/c1-2-8-7(6-12)4-3-5-9(8)10(13)11(14)15/h3-5H,2H2,1H3,(H,14,15). The molecule has 15 heavy (non-hydrogen) atoms. The van der Waals surface area contributed by atoms with Crippen LogP contribution in [0.3, 0.4) is 0 Å². The van der Waals surface area contributed by atoms with Crippen molar-refractivity contribution in [3.8, 4) is 6.07 Å². The van der Waals surface area contributed by atoms with Gasteiger partial charge in [0.15, 0.2) is 0 Å². The van der Waals surface area contributed by atoms with E-state index in [1.54, 1.807) is 13.0 Å². The van der Waals surface area contributed by atoms with Crippen LogP contribution >= 0.6 is 0 Å². The maximum atomic E-state index is 11.3. The van der Waals surface area contributed by atoms with Crippen molar-refractivity contribution in [2.45, 2.75) is 13.3 Å². The number of carbonyl (C=O) groups is 2. The molecule has 4 heteroatoms. The molecule has 0 radical (unpaired) electrons. The summed E-state index contributed by atoms with van der Waals surface area (Å²) in [6.45, 7) is 1.77. The highest BCUT2D eigenvalue weighted by Gasteiger charge is 2.19. The van der Waals surface area contributed by atoms with E-state index in [1.807, 2.05) is 6.07 Å². The quantitative estimate of drug-likeness (QED) is 0.594. The van der Waals surface area contributed by atoms with Gasteiger partial charge in [0.25, 0.3) is 5.78 Å². The molecule has 0 aliphatic carbocycles. The van der Waals surface area contributed by atoms with Gasteiger partial charge in [-0.2, -0.15) is 5.26 Å². The Hall–Kier alpha value is -2.15. The lowest BCUT2D eigenvalue weighted by atomic mass is 9.97. The molecule has 0 heterocycles. The number of benzene rings is 1. The summed E-state index contributed by atoms with van der Waals surface area (Å²) in [5.41, 5.74) is 0.945. The predicted molar refractivity (Wildman–Crippen MR) is 52.5 cm³/mol. The summed E-state index contributed by atoms with van der Waals surface area (Å²) in [5, 5.41) is 17.4. The number of hydrogen-bond acceptors (Lipinski definition) is 3. The smallest absolute Gasteiger partial charge is 0.377 e. The molecule has 0 saturated carbocycles. The zero-order valence-corrected chi connectivity index (χ0v) is 8.15.